The predicted octanol–water partition coefficient (Wildman–Crippen LogP) is 2.09. The van der Waals surface area contributed by atoms with Crippen LogP contribution in [-0.2, 0) is 9.53 Å². The largest absolute Gasteiger partial charge is 0.469 e. The fourth-order valence-electron chi connectivity index (χ4n) is 4.31. The van der Waals surface area contributed by atoms with Crippen LogP contribution in [0.15, 0.2) is 0 Å². The van der Waals surface area contributed by atoms with Crippen molar-refractivity contribution in [3.8, 4) is 0 Å². The minimum absolute atomic E-state index is 0.0533. The Morgan fingerprint density at radius 2 is 1.79 bits per heavy atom. The van der Waals surface area contributed by atoms with Crippen LogP contribution < -0.4 is 0 Å². The number of rotatable bonds is 1. The zero-order chi connectivity index (χ0) is 9.87. The second kappa shape index (κ2) is 2.74. The third-order valence-electron chi connectivity index (χ3n) is 5.00. The van der Waals surface area contributed by atoms with Crippen molar-refractivity contribution < 1.29 is 9.53 Å². The lowest BCUT2D eigenvalue weighted by molar-refractivity contribution is -0.155. The van der Waals surface area contributed by atoms with Crippen LogP contribution in [0.4, 0.5) is 0 Å². The van der Waals surface area contributed by atoms with Crippen molar-refractivity contribution in [3.05, 3.63) is 0 Å². The lowest BCUT2D eigenvalue weighted by Crippen LogP contribution is -2.44. The Balaban J connectivity index is 1.88. The number of fused-ring (bicyclic) bond motifs is 2. The van der Waals surface area contributed by atoms with Crippen molar-refractivity contribution in [2.75, 3.05) is 7.11 Å². The van der Waals surface area contributed by atoms with Gasteiger partial charge in [0.25, 0.3) is 0 Å². The second-order valence-electron chi connectivity index (χ2n) is 5.38. The molecular formula is C12H18O2. The maximum atomic E-state index is 11.7. The Kier molecular flexibility index (Phi) is 1.71. The van der Waals surface area contributed by atoms with Crippen molar-refractivity contribution >= 4 is 5.97 Å². The summed E-state index contributed by atoms with van der Waals surface area (Å²) in [4.78, 5) is 11.7. The van der Waals surface area contributed by atoms with Gasteiger partial charge in [0.15, 0.2) is 0 Å². The van der Waals surface area contributed by atoms with E-state index in [1.165, 1.54) is 26.4 Å². The van der Waals surface area contributed by atoms with Crippen LogP contribution in [0.5, 0.6) is 0 Å². The first kappa shape index (κ1) is 8.75. The van der Waals surface area contributed by atoms with E-state index in [4.69, 9.17) is 4.74 Å². The molecule has 0 aliphatic heterocycles. The normalized spacial score (nSPS) is 53.9. The molecule has 0 N–H and O–H groups in total. The lowest BCUT2D eigenvalue weighted by atomic mass is 9.59. The molecular weight excluding hydrogens is 176 g/mol. The first-order valence-corrected chi connectivity index (χ1v) is 5.82. The molecule has 4 rings (SSSR count). The molecule has 4 saturated carbocycles. The highest BCUT2D eigenvalue weighted by atomic mass is 16.5. The van der Waals surface area contributed by atoms with Crippen molar-refractivity contribution in [2.24, 2.45) is 35.5 Å². The molecule has 0 aromatic carbocycles. The number of hydrogen-bond donors (Lipinski definition) is 0. The number of ether oxygens (including phenoxy) is 1. The van der Waals surface area contributed by atoms with Gasteiger partial charge in [-0.25, -0.2) is 0 Å². The SMILES string of the molecule is COC(=O)[C@@H]1[C@H](C)[C@H]2CC[C@@H]1[C@H]1C[C@H]12. The molecule has 2 nitrogen and oxygen atoms in total. The number of esters is 1. The van der Waals surface area contributed by atoms with Gasteiger partial charge in [-0.3, -0.25) is 4.79 Å². The third-order valence-corrected chi connectivity index (χ3v) is 5.00. The smallest absolute Gasteiger partial charge is 0.309 e. The van der Waals surface area contributed by atoms with Gasteiger partial charge in [-0.05, 0) is 48.9 Å². The topological polar surface area (TPSA) is 26.3 Å². The maximum absolute atomic E-state index is 11.7. The summed E-state index contributed by atoms with van der Waals surface area (Å²) < 4.78 is 4.94. The minimum Gasteiger partial charge on any atom is -0.469 e. The Labute approximate surface area is 85.0 Å². The molecule has 14 heavy (non-hydrogen) atoms. The molecule has 4 fully saturated rings. The van der Waals surface area contributed by atoms with E-state index in [2.05, 4.69) is 6.92 Å². The van der Waals surface area contributed by atoms with Gasteiger partial charge in [0.1, 0.15) is 0 Å². The average Bonchev–Trinajstić information content (AvgIpc) is 2.97. The summed E-state index contributed by atoms with van der Waals surface area (Å²) in [6, 6.07) is 0. The van der Waals surface area contributed by atoms with Crippen LogP contribution in [0.3, 0.4) is 0 Å². The maximum Gasteiger partial charge on any atom is 0.309 e. The van der Waals surface area contributed by atoms with E-state index in [1.54, 1.807) is 0 Å². The van der Waals surface area contributed by atoms with Crippen molar-refractivity contribution in [1.82, 2.24) is 0 Å². The molecule has 0 aromatic heterocycles. The Morgan fingerprint density at radius 3 is 2.50 bits per heavy atom. The summed E-state index contributed by atoms with van der Waals surface area (Å²) in [6.45, 7) is 2.26. The van der Waals surface area contributed by atoms with Gasteiger partial charge < -0.3 is 4.74 Å². The molecule has 0 aromatic rings. The quantitative estimate of drug-likeness (QED) is 0.597. The van der Waals surface area contributed by atoms with Crippen LogP contribution in [-0.4, -0.2) is 13.1 Å². The summed E-state index contributed by atoms with van der Waals surface area (Å²) in [7, 11) is 1.53. The van der Waals surface area contributed by atoms with Crippen molar-refractivity contribution in [1.29, 1.82) is 0 Å². The van der Waals surface area contributed by atoms with Gasteiger partial charge in [0, 0.05) is 0 Å². The number of carbonyl (C=O) groups excluding carboxylic acids is 1. The molecule has 4 aliphatic rings. The van der Waals surface area contributed by atoms with Crippen LogP contribution in [0, 0.1) is 35.5 Å². The molecule has 2 bridgehead atoms. The van der Waals surface area contributed by atoms with E-state index >= 15 is 0 Å². The lowest BCUT2D eigenvalue weighted by Gasteiger charge is -2.45. The van der Waals surface area contributed by atoms with E-state index in [0.717, 1.165) is 17.8 Å². The van der Waals surface area contributed by atoms with Crippen molar-refractivity contribution in [3.63, 3.8) is 0 Å². The summed E-state index contributed by atoms with van der Waals surface area (Å²) in [5.41, 5.74) is 0. The highest BCUT2D eigenvalue weighted by Crippen LogP contribution is 2.66. The molecule has 0 spiro atoms. The number of methoxy groups -OCH3 is 1. The van der Waals surface area contributed by atoms with Crippen LogP contribution >= 0.6 is 0 Å². The Morgan fingerprint density at radius 1 is 1.14 bits per heavy atom. The van der Waals surface area contributed by atoms with Gasteiger partial charge in [-0.1, -0.05) is 6.92 Å². The fourth-order valence-corrected chi connectivity index (χ4v) is 4.31. The number of hydrogen-bond acceptors (Lipinski definition) is 2. The summed E-state index contributed by atoms with van der Waals surface area (Å²) in [6.07, 6.45) is 4.03. The van der Waals surface area contributed by atoms with Gasteiger partial charge >= 0.3 is 5.97 Å². The van der Waals surface area contributed by atoms with Crippen LogP contribution in [0.25, 0.3) is 0 Å². The van der Waals surface area contributed by atoms with Gasteiger partial charge in [-0.2, -0.15) is 0 Å². The van der Waals surface area contributed by atoms with Crippen LogP contribution in [0.2, 0.25) is 0 Å². The first-order chi connectivity index (χ1) is 6.74. The van der Waals surface area contributed by atoms with E-state index in [-0.39, 0.29) is 11.9 Å². The van der Waals surface area contributed by atoms with E-state index in [9.17, 15) is 4.79 Å². The Bertz CT molecular complexity index is 273. The molecule has 2 heteroatoms. The first-order valence-electron chi connectivity index (χ1n) is 5.82. The monoisotopic (exact) mass is 194 g/mol. The highest BCUT2D eigenvalue weighted by molar-refractivity contribution is 5.73. The zero-order valence-electron chi connectivity index (χ0n) is 8.90. The third kappa shape index (κ3) is 0.945. The molecule has 0 saturated heterocycles. The summed E-state index contributed by atoms with van der Waals surface area (Å²) in [5.74, 6) is 4.20. The molecule has 0 amide bonds. The number of carbonyl (C=O) groups is 1. The van der Waals surface area contributed by atoms with Crippen LogP contribution in [0.1, 0.15) is 26.2 Å². The molecule has 0 heterocycles. The van der Waals surface area contributed by atoms with E-state index in [1.807, 2.05) is 0 Å². The van der Waals surface area contributed by atoms with E-state index in [0.29, 0.717) is 11.8 Å². The second-order valence-corrected chi connectivity index (χ2v) is 5.38. The predicted molar refractivity (Wildman–Crippen MR) is 52.5 cm³/mol. The minimum atomic E-state index is 0.0533. The average molecular weight is 194 g/mol. The Hall–Kier alpha value is -0.530. The van der Waals surface area contributed by atoms with Gasteiger partial charge in [0.2, 0.25) is 0 Å². The summed E-state index contributed by atoms with van der Waals surface area (Å²) >= 11 is 0. The summed E-state index contributed by atoms with van der Waals surface area (Å²) in [5, 5.41) is 0. The van der Waals surface area contributed by atoms with E-state index < -0.39 is 0 Å². The van der Waals surface area contributed by atoms with Crippen molar-refractivity contribution in [2.45, 2.75) is 26.2 Å². The van der Waals surface area contributed by atoms with Gasteiger partial charge in [-0.15, -0.1) is 0 Å². The zero-order valence-corrected chi connectivity index (χ0v) is 8.90. The standard InChI is InChI=1S/C12H18O2/c1-6-7-3-4-8(10-5-9(7)10)11(6)12(13)14-2/h6-11H,3-5H2,1-2H3/t6-,7-,8-,9+,10-,11-/m1/s1. The molecule has 6 atom stereocenters. The molecule has 78 valence electrons. The van der Waals surface area contributed by atoms with Gasteiger partial charge in [0.05, 0.1) is 13.0 Å². The fraction of sp³-hybridized carbons (Fsp3) is 0.917. The highest BCUT2D eigenvalue weighted by Gasteiger charge is 2.61. The molecule has 0 unspecified atom stereocenters. The molecule has 4 aliphatic carbocycles. The molecule has 0 radical (unpaired) electrons.